The molecule has 88 valence electrons. The molecule has 2 aliphatic rings. The van der Waals surface area contributed by atoms with Crippen LogP contribution in [0.3, 0.4) is 0 Å². The number of nitrogens with zero attached hydrogens (tertiary/aromatic N) is 3. The van der Waals surface area contributed by atoms with Crippen molar-refractivity contribution in [2.24, 2.45) is 5.92 Å². The number of hydrogen-bond acceptors (Lipinski definition) is 2. The van der Waals surface area contributed by atoms with Gasteiger partial charge < -0.3 is 0 Å². The van der Waals surface area contributed by atoms with Gasteiger partial charge in [0.1, 0.15) is 5.69 Å². The van der Waals surface area contributed by atoms with Crippen molar-refractivity contribution >= 4 is 11.6 Å². The lowest BCUT2D eigenvalue weighted by Gasteiger charge is -2.26. The van der Waals surface area contributed by atoms with Crippen LogP contribution in [0.1, 0.15) is 55.8 Å². The molecule has 0 N–H and O–H groups in total. The number of aryl methyl sites for hydroxylation is 1. The van der Waals surface area contributed by atoms with Gasteiger partial charge in [-0.1, -0.05) is 24.5 Å². The van der Waals surface area contributed by atoms with Gasteiger partial charge in [0.2, 0.25) is 0 Å². The van der Waals surface area contributed by atoms with Gasteiger partial charge in [0.25, 0.3) is 0 Å². The van der Waals surface area contributed by atoms with Crippen molar-refractivity contribution < 1.29 is 0 Å². The van der Waals surface area contributed by atoms with Crippen molar-refractivity contribution in [2.75, 3.05) is 0 Å². The lowest BCUT2D eigenvalue weighted by molar-refractivity contribution is 0.380. The predicted octanol–water partition coefficient (Wildman–Crippen LogP) is 3.08. The van der Waals surface area contributed by atoms with Crippen LogP contribution in [0, 0.1) is 5.92 Å². The van der Waals surface area contributed by atoms with Gasteiger partial charge in [-0.25, -0.2) is 4.68 Å². The Morgan fingerprint density at radius 1 is 1.25 bits per heavy atom. The summed E-state index contributed by atoms with van der Waals surface area (Å²) in [6, 6.07) is 0. The maximum Gasteiger partial charge on any atom is 0.101 e. The number of rotatable bonds is 5. The first-order chi connectivity index (χ1) is 7.88. The molecule has 2 fully saturated rings. The SMILES string of the molecule is ClCc1nnn(CCC2CC2)c1C1CCC1. The molecule has 1 heterocycles. The van der Waals surface area contributed by atoms with Crippen molar-refractivity contribution in [1.82, 2.24) is 15.0 Å². The fraction of sp³-hybridized carbons (Fsp3) is 0.833. The van der Waals surface area contributed by atoms with E-state index in [0.29, 0.717) is 11.8 Å². The summed E-state index contributed by atoms with van der Waals surface area (Å²) in [5.74, 6) is 2.15. The van der Waals surface area contributed by atoms with Gasteiger partial charge >= 0.3 is 0 Å². The third kappa shape index (κ3) is 1.97. The molecule has 3 nitrogen and oxygen atoms in total. The molecule has 0 saturated heterocycles. The third-order valence-corrected chi connectivity index (χ3v) is 4.16. The fourth-order valence-corrected chi connectivity index (χ4v) is 2.65. The molecule has 0 spiro atoms. The highest BCUT2D eigenvalue weighted by atomic mass is 35.5. The molecular formula is C12H18ClN3. The second kappa shape index (κ2) is 4.36. The van der Waals surface area contributed by atoms with E-state index in [2.05, 4.69) is 15.0 Å². The van der Waals surface area contributed by atoms with Crippen molar-refractivity contribution in [3.63, 3.8) is 0 Å². The molecule has 2 saturated carbocycles. The fourth-order valence-electron chi connectivity index (χ4n) is 2.46. The average Bonchev–Trinajstić information content (AvgIpc) is 2.96. The maximum absolute atomic E-state index is 5.93. The number of hydrogen-bond donors (Lipinski definition) is 0. The summed E-state index contributed by atoms with van der Waals surface area (Å²) in [6.45, 7) is 1.04. The Morgan fingerprint density at radius 2 is 2.06 bits per heavy atom. The molecule has 3 rings (SSSR count). The Labute approximate surface area is 101 Å². The molecule has 0 amide bonds. The third-order valence-electron chi connectivity index (χ3n) is 3.91. The van der Waals surface area contributed by atoms with E-state index >= 15 is 0 Å². The molecule has 0 radical (unpaired) electrons. The molecule has 0 bridgehead atoms. The van der Waals surface area contributed by atoms with Gasteiger partial charge in [-0.3, -0.25) is 0 Å². The van der Waals surface area contributed by atoms with Gasteiger partial charge in [-0.15, -0.1) is 16.7 Å². The van der Waals surface area contributed by atoms with Gasteiger partial charge in [0.05, 0.1) is 11.6 Å². The predicted molar refractivity (Wildman–Crippen MR) is 63.5 cm³/mol. The van der Waals surface area contributed by atoms with E-state index < -0.39 is 0 Å². The van der Waals surface area contributed by atoms with Crippen LogP contribution in [0.2, 0.25) is 0 Å². The minimum Gasteiger partial charge on any atom is -0.249 e. The second-order valence-corrected chi connectivity index (χ2v) is 5.41. The first kappa shape index (κ1) is 10.6. The van der Waals surface area contributed by atoms with Gasteiger partial charge in [0, 0.05) is 12.5 Å². The summed E-state index contributed by atoms with van der Waals surface area (Å²) >= 11 is 5.93. The highest BCUT2D eigenvalue weighted by molar-refractivity contribution is 6.16. The summed E-state index contributed by atoms with van der Waals surface area (Å²) in [6.07, 6.45) is 8.03. The van der Waals surface area contributed by atoms with E-state index in [1.807, 2.05) is 0 Å². The van der Waals surface area contributed by atoms with Crippen LogP contribution in [0.4, 0.5) is 0 Å². The van der Waals surface area contributed by atoms with Crippen LogP contribution in [0.25, 0.3) is 0 Å². The molecule has 0 aliphatic heterocycles. The summed E-state index contributed by atoms with van der Waals surface area (Å²) < 4.78 is 2.12. The summed E-state index contributed by atoms with van der Waals surface area (Å²) in [5.41, 5.74) is 2.35. The van der Waals surface area contributed by atoms with Crippen LogP contribution in [0.15, 0.2) is 0 Å². The molecule has 0 unspecified atom stereocenters. The highest BCUT2D eigenvalue weighted by Gasteiger charge is 2.28. The zero-order chi connectivity index (χ0) is 11.0. The van der Waals surface area contributed by atoms with E-state index in [0.717, 1.165) is 18.2 Å². The van der Waals surface area contributed by atoms with E-state index in [1.165, 1.54) is 44.2 Å². The van der Waals surface area contributed by atoms with Crippen molar-refractivity contribution in [1.29, 1.82) is 0 Å². The topological polar surface area (TPSA) is 30.7 Å². The summed E-state index contributed by atoms with van der Waals surface area (Å²) in [7, 11) is 0. The van der Waals surface area contributed by atoms with Crippen molar-refractivity contribution in [3.05, 3.63) is 11.4 Å². The van der Waals surface area contributed by atoms with Crippen LogP contribution >= 0.6 is 11.6 Å². The Morgan fingerprint density at radius 3 is 2.62 bits per heavy atom. The average molecular weight is 240 g/mol. The molecule has 0 atom stereocenters. The number of aromatic nitrogens is 3. The standard InChI is InChI=1S/C12H18ClN3/c13-8-11-12(10-2-1-3-10)16(15-14-11)7-6-9-4-5-9/h9-10H,1-8H2. The van der Waals surface area contributed by atoms with Crippen molar-refractivity contribution in [2.45, 2.75) is 56.9 Å². The first-order valence-electron chi connectivity index (χ1n) is 6.36. The lowest BCUT2D eigenvalue weighted by Crippen LogP contribution is -2.17. The van der Waals surface area contributed by atoms with E-state index in [9.17, 15) is 0 Å². The maximum atomic E-state index is 5.93. The van der Waals surface area contributed by atoms with Crippen LogP contribution in [0.5, 0.6) is 0 Å². The summed E-state index contributed by atoms with van der Waals surface area (Å²) in [4.78, 5) is 0. The minimum absolute atomic E-state index is 0.509. The quantitative estimate of drug-likeness (QED) is 0.740. The second-order valence-electron chi connectivity index (χ2n) is 5.14. The monoisotopic (exact) mass is 239 g/mol. The molecule has 16 heavy (non-hydrogen) atoms. The Kier molecular flexibility index (Phi) is 2.88. The van der Waals surface area contributed by atoms with Crippen LogP contribution < -0.4 is 0 Å². The Balaban J connectivity index is 1.75. The molecule has 4 heteroatoms. The Bertz CT molecular complexity index is 366. The molecule has 1 aromatic heterocycles. The zero-order valence-electron chi connectivity index (χ0n) is 9.53. The smallest absolute Gasteiger partial charge is 0.101 e. The van der Waals surface area contributed by atoms with Crippen LogP contribution in [-0.2, 0) is 12.4 Å². The van der Waals surface area contributed by atoms with Gasteiger partial charge in [-0.05, 0) is 25.2 Å². The van der Waals surface area contributed by atoms with E-state index in [4.69, 9.17) is 11.6 Å². The van der Waals surface area contributed by atoms with Crippen molar-refractivity contribution in [3.8, 4) is 0 Å². The normalized spacial score (nSPS) is 21.1. The minimum atomic E-state index is 0.509. The zero-order valence-corrected chi connectivity index (χ0v) is 10.3. The number of halogens is 1. The first-order valence-corrected chi connectivity index (χ1v) is 6.90. The van der Waals surface area contributed by atoms with E-state index in [1.54, 1.807) is 0 Å². The lowest BCUT2D eigenvalue weighted by atomic mass is 9.82. The number of alkyl halides is 1. The molecule has 1 aromatic rings. The largest absolute Gasteiger partial charge is 0.249 e. The molecule has 0 aromatic carbocycles. The molecule has 2 aliphatic carbocycles. The van der Waals surface area contributed by atoms with Gasteiger partial charge in [0.15, 0.2) is 0 Å². The summed E-state index contributed by atoms with van der Waals surface area (Å²) in [5, 5.41) is 8.49. The van der Waals surface area contributed by atoms with Crippen LogP contribution in [-0.4, -0.2) is 15.0 Å². The Hall–Kier alpha value is -0.570. The highest BCUT2D eigenvalue weighted by Crippen LogP contribution is 2.38. The molecular weight excluding hydrogens is 222 g/mol. The van der Waals surface area contributed by atoms with E-state index in [-0.39, 0.29) is 0 Å². The van der Waals surface area contributed by atoms with Gasteiger partial charge in [-0.2, -0.15) is 0 Å².